The van der Waals surface area contributed by atoms with Gasteiger partial charge in [-0.15, -0.1) is 0 Å². The molecule has 0 aliphatic carbocycles. The van der Waals surface area contributed by atoms with Crippen LogP contribution in [0.1, 0.15) is 26.7 Å². The van der Waals surface area contributed by atoms with E-state index in [0.717, 1.165) is 12.8 Å². The minimum atomic E-state index is -1.25. The Hall–Kier alpha value is -0.770. The van der Waals surface area contributed by atoms with Crippen LogP contribution in [0.2, 0.25) is 0 Å². The second kappa shape index (κ2) is 6.91. The SMILES string of the molecule is CCCC(C)OCCNC(=O)[O-]. The molecule has 12 heavy (non-hydrogen) atoms. The number of carbonyl (C=O) groups is 1. The summed E-state index contributed by atoms with van der Waals surface area (Å²) in [7, 11) is 0. The minimum Gasteiger partial charge on any atom is -0.530 e. The molecule has 1 N–H and O–H groups in total. The van der Waals surface area contributed by atoms with Crippen LogP contribution in [-0.4, -0.2) is 25.3 Å². The molecule has 0 rings (SSSR count). The lowest BCUT2D eigenvalue weighted by molar-refractivity contribution is -0.250. The number of ether oxygens (including phenoxy) is 1. The Morgan fingerprint density at radius 1 is 1.67 bits per heavy atom. The number of nitrogens with one attached hydrogen (secondary N) is 1. The van der Waals surface area contributed by atoms with Gasteiger partial charge in [0.05, 0.1) is 12.7 Å². The van der Waals surface area contributed by atoms with Crippen molar-refractivity contribution in [2.24, 2.45) is 0 Å². The van der Waals surface area contributed by atoms with Gasteiger partial charge in [-0.2, -0.15) is 0 Å². The molecule has 1 amide bonds. The third-order valence-corrected chi connectivity index (χ3v) is 1.47. The standard InChI is InChI=1S/C8H17NO3/c1-3-4-7(2)12-6-5-9-8(10)11/h7,9H,3-6H2,1-2H3,(H,10,11)/p-1. The van der Waals surface area contributed by atoms with Crippen molar-refractivity contribution < 1.29 is 14.6 Å². The lowest BCUT2D eigenvalue weighted by atomic mass is 10.2. The molecule has 4 nitrogen and oxygen atoms in total. The highest BCUT2D eigenvalue weighted by atomic mass is 16.5. The Balaban J connectivity index is 3.13. The van der Waals surface area contributed by atoms with Gasteiger partial charge in [0.25, 0.3) is 0 Å². The summed E-state index contributed by atoms with van der Waals surface area (Å²) in [5, 5.41) is 12.0. The second-order valence-electron chi connectivity index (χ2n) is 2.68. The third kappa shape index (κ3) is 7.34. The van der Waals surface area contributed by atoms with Gasteiger partial charge in [-0.05, 0) is 13.3 Å². The molecule has 0 radical (unpaired) electrons. The molecule has 0 fully saturated rings. The van der Waals surface area contributed by atoms with Crippen molar-refractivity contribution in [1.82, 2.24) is 5.32 Å². The van der Waals surface area contributed by atoms with Crippen LogP contribution in [0.15, 0.2) is 0 Å². The normalized spacial score (nSPS) is 12.5. The van der Waals surface area contributed by atoms with Gasteiger partial charge in [0.2, 0.25) is 0 Å². The van der Waals surface area contributed by atoms with E-state index >= 15 is 0 Å². The first-order chi connectivity index (χ1) is 5.66. The summed E-state index contributed by atoms with van der Waals surface area (Å²) in [5.41, 5.74) is 0. The van der Waals surface area contributed by atoms with Crippen LogP contribution in [0.5, 0.6) is 0 Å². The molecule has 0 saturated heterocycles. The van der Waals surface area contributed by atoms with Crippen LogP contribution in [0.25, 0.3) is 0 Å². The first kappa shape index (κ1) is 11.2. The average Bonchev–Trinajstić information content (AvgIpc) is 1.98. The first-order valence-electron chi connectivity index (χ1n) is 4.23. The van der Waals surface area contributed by atoms with E-state index in [1.54, 1.807) is 0 Å². The fourth-order valence-electron chi connectivity index (χ4n) is 0.903. The van der Waals surface area contributed by atoms with Crippen molar-refractivity contribution in [3.05, 3.63) is 0 Å². The zero-order valence-electron chi connectivity index (χ0n) is 7.63. The van der Waals surface area contributed by atoms with Gasteiger partial charge in [-0.25, -0.2) is 0 Å². The lowest BCUT2D eigenvalue weighted by Crippen LogP contribution is -2.38. The van der Waals surface area contributed by atoms with Crippen LogP contribution in [0.3, 0.4) is 0 Å². The van der Waals surface area contributed by atoms with E-state index in [1.807, 2.05) is 6.92 Å². The zero-order chi connectivity index (χ0) is 9.40. The van der Waals surface area contributed by atoms with Crippen molar-refractivity contribution in [3.63, 3.8) is 0 Å². The molecule has 0 aliphatic rings. The van der Waals surface area contributed by atoms with Crippen LogP contribution in [0, 0.1) is 0 Å². The van der Waals surface area contributed by atoms with E-state index in [1.165, 1.54) is 0 Å². The summed E-state index contributed by atoms with van der Waals surface area (Å²) in [5.74, 6) is 0. The maximum Gasteiger partial charge on any atom is 0.134 e. The molecule has 0 aromatic carbocycles. The topological polar surface area (TPSA) is 61.4 Å². The number of rotatable bonds is 6. The second-order valence-corrected chi connectivity index (χ2v) is 2.68. The fraction of sp³-hybridized carbons (Fsp3) is 0.875. The van der Waals surface area contributed by atoms with Crippen molar-refractivity contribution >= 4 is 6.09 Å². The molecule has 0 spiro atoms. The number of carbonyl (C=O) groups excluding carboxylic acids is 1. The smallest absolute Gasteiger partial charge is 0.134 e. The number of amides is 1. The largest absolute Gasteiger partial charge is 0.530 e. The Labute approximate surface area is 72.9 Å². The molecule has 4 heteroatoms. The summed E-state index contributed by atoms with van der Waals surface area (Å²) in [6.45, 7) is 4.77. The molecule has 0 aromatic heterocycles. The summed E-state index contributed by atoms with van der Waals surface area (Å²) in [6, 6.07) is 0. The Morgan fingerprint density at radius 3 is 2.83 bits per heavy atom. The average molecular weight is 174 g/mol. The monoisotopic (exact) mass is 174 g/mol. The van der Waals surface area contributed by atoms with Gasteiger partial charge in [-0.1, -0.05) is 13.3 Å². The maximum absolute atomic E-state index is 9.89. The zero-order valence-corrected chi connectivity index (χ0v) is 7.63. The van der Waals surface area contributed by atoms with E-state index in [0.29, 0.717) is 13.2 Å². The van der Waals surface area contributed by atoms with E-state index in [4.69, 9.17) is 4.74 Å². The van der Waals surface area contributed by atoms with Crippen molar-refractivity contribution in [2.45, 2.75) is 32.8 Å². The Bertz CT molecular complexity index is 127. The summed E-state index contributed by atoms with van der Waals surface area (Å²) in [6.07, 6.45) is 1.04. The molecule has 0 aromatic rings. The minimum absolute atomic E-state index is 0.207. The van der Waals surface area contributed by atoms with Crippen molar-refractivity contribution in [1.29, 1.82) is 0 Å². The molecule has 0 bridgehead atoms. The highest BCUT2D eigenvalue weighted by Crippen LogP contribution is 1.99. The molecule has 0 saturated carbocycles. The van der Waals surface area contributed by atoms with E-state index in [2.05, 4.69) is 12.2 Å². The Kier molecular flexibility index (Phi) is 6.47. The fourth-order valence-corrected chi connectivity index (χ4v) is 0.903. The van der Waals surface area contributed by atoms with Crippen molar-refractivity contribution in [3.8, 4) is 0 Å². The van der Waals surface area contributed by atoms with Gasteiger partial charge in [0.1, 0.15) is 6.09 Å². The molecule has 0 heterocycles. The van der Waals surface area contributed by atoms with E-state index in [-0.39, 0.29) is 6.10 Å². The van der Waals surface area contributed by atoms with Crippen molar-refractivity contribution in [2.75, 3.05) is 13.2 Å². The summed E-state index contributed by atoms with van der Waals surface area (Å²) >= 11 is 0. The van der Waals surface area contributed by atoms with Crippen LogP contribution in [0.4, 0.5) is 4.79 Å². The Morgan fingerprint density at radius 2 is 2.33 bits per heavy atom. The molecular formula is C8H16NO3-. The van der Waals surface area contributed by atoms with Crippen LogP contribution in [-0.2, 0) is 4.74 Å². The van der Waals surface area contributed by atoms with E-state index in [9.17, 15) is 9.90 Å². The van der Waals surface area contributed by atoms with Gasteiger partial charge in [0.15, 0.2) is 0 Å². The highest BCUT2D eigenvalue weighted by Gasteiger charge is 1.98. The number of carboxylic acid groups (broad SMARTS) is 1. The van der Waals surface area contributed by atoms with Crippen LogP contribution >= 0.6 is 0 Å². The van der Waals surface area contributed by atoms with Gasteiger partial charge in [-0.3, -0.25) is 0 Å². The third-order valence-electron chi connectivity index (χ3n) is 1.47. The lowest BCUT2D eigenvalue weighted by Gasteiger charge is -2.12. The summed E-state index contributed by atoms with van der Waals surface area (Å²) in [4.78, 5) is 9.89. The van der Waals surface area contributed by atoms with E-state index < -0.39 is 6.09 Å². The molecule has 0 aliphatic heterocycles. The molecule has 1 unspecified atom stereocenters. The summed E-state index contributed by atoms with van der Waals surface area (Å²) < 4.78 is 5.28. The predicted octanol–water partition coefficient (Wildman–Crippen LogP) is 0.124. The van der Waals surface area contributed by atoms with Crippen LogP contribution < -0.4 is 10.4 Å². The first-order valence-corrected chi connectivity index (χ1v) is 4.23. The predicted molar refractivity (Wildman–Crippen MR) is 43.7 cm³/mol. The highest BCUT2D eigenvalue weighted by molar-refractivity contribution is 5.61. The van der Waals surface area contributed by atoms with Gasteiger partial charge in [0, 0.05) is 6.54 Å². The molecular weight excluding hydrogens is 158 g/mol. The quantitative estimate of drug-likeness (QED) is 0.582. The number of hydrogen-bond acceptors (Lipinski definition) is 3. The number of hydrogen-bond donors (Lipinski definition) is 1. The van der Waals surface area contributed by atoms with Gasteiger partial charge < -0.3 is 20.0 Å². The molecule has 72 valence electrons. The maximum atomic E-state index is 9.89. The van der Waals surface area contributed by atoms with Gasteiger partial charge >= 0.3 is 0 Å². The molecule has 1 atom stereocenters.